The Kier molecular flexibility index (Phi) is 5.35. The molecule has 0 atom stereocenters. The lowest BCUT2D eigenvalue weighted by Crippen LogP contribution is -2.49. The third kappa shape index (κ3) is 4.39. The van der Waals surface area contributed by atoms with Crippen molar-refractivity contribution in [2.45, 2.75) is 13.2 Å². The van der Waals surface area contributed by atoms with Crippen LogP contribution in [0, 0.1) is 0 Å². The molecule has 1 aromatic heterocycles. The number of carbonyl (C=O) groups is 1. The topological polar surface area (TPSA) is 91.9 Å². The quantitative estimate of drug-likeness (QED) is 0.877. The number of amides is 1. The Hall–Kier alpha value is -2.80. The number of aliphatic hydroxyl groups excluding tert-OH is 1. The van der Waals surface area contributed by atoms with Gasteiger partial charge in [0.25, 0.3) is 0 Å². The molecule has 0 bridgehead atoms. The van der Waals surface area contributed by atoms with Crippen molar-refractivity contribution in [1.82, 2.24) is 9.88 Å². The van der Waals surface area contributed by atoms with Crippen LogP contribution < -0.4 is 10.6 Å². The van der Waals surface area contributed by atoms with Crippen molar-refractivity contribution < 1.29 is 14.6 Å². The predicted molar refractivity (Wildman–Crippen MR) is 95.0 cm³/mol. The van der Waals surface area contributed by atoms with E-state index in [1.54, 1.807) is 11.0 Å². The summed E-state index contributed by atoms with van der Waals surface area (Å²) in [5.41, 5.74) is 8.20. The van der Waals surface area contributed by atoms with E-state index in [2.05, 4.69) is 9.88 Å². The van der Waals surface area contributed by atoms with Gasteiger partial charge in [0.1, 0.15) is 12.4 Å². The van der Waals surface area contributed by atoms with E-state index >= 15 is 0 Å². The van der Waals surface area contributed by atoms with E-state index in [1.807, 2.05) is 36.4 Å². The third-order valence-electron chi connectivity index (χ3n) is 4.15. The molecule has 3 rings (SSSR count). The summed E-state index contributed by atoms with van der Waals surface area (Å²) in [6.45, 7) is 2.63. The van der Waals surface area contributed by atoms with Gasteiger partial charge in [-0.3, -0.25) is 0 Å². The van der Waals surface area contributed by atoms with Gasteiger partial charge in [0.05, 0.1) is 12.3 Å². The Morgan fingerprint density at radius 3 is 2.56 bits per heavy atom. The smallest absolute Gasteiger partial charge is 0.410 e. The monoisotopic (exact) mass is 342 g/mol. The minimum atomic E-state index is -0.297. The van der Waals surface area contributed by atoms with E-state index in [9.17, 15) is 9.90 Å². The van der Waals surface area contributed by atoms with Gasteiger partial charge in [0, 0.05) is 37.9 Å². The predicted octanol–water partition coefficient (Wildman–Crippen LogP) is 1.61. The van der Waals surface area contributed by atoms with Crippen molar-refractivity contribution >= 4 is 17.6 Å². The van der Waals surface area contributed by atoms with E-state index in [4.69, 9.17) is 10.5 Å². The number of rotatable bonds is 4. The van der Waals surface area contributed by atoms with Crippen LogP contribution in [0.3, 0.4) is 0 Å². The first-order chi connectivity index (χ1) is 12.2. The molecule has 0 radical (unpaired) electrons. The highest BCUT2D eigenvalue weighted by atomic mass is 16.6. The van der Waals surface area contributed by atoms with Gasteiger partial charge < -0.3 is 25.4 Å². The van der Waals surface area contributed by atoms with Crippen LogP contribution in [0.2, 0.25) is 0 Å². The molecule has 0 aliphatic carbocycles. The Balaban J connectivity index is 1.53. The van der Waals surface area contributed by atoms with Crippen molar-refractivity contribution in [2.75, 3.05) is 36.8 Å². The number of aromatic nitrogens is 1. The van der Waals surface area contributed by atoms with Crippen molar-refractivity contribution in [1.29, 1.82) is 0 Å². The molecule has 2 heterocycles. The summed E-state index contributed by atoms with van der Waals surface area (Å²) in [5, 5.41) is 9.25. The largest absolute Gasteiger partial charge is 0.445 e. The highest BCUT2D eigenvalue weighted by Gasteiger charge is 2.22. The van der Waals surface area contributed by atoms with Gasteiger partial charge in [-0.05, 0) is 11.6 Å². The van der Waals surface area contributed by atoms with E-state index in [1.165, 1.54) is 0 Å². The van der Waals surface area contributed by atoms with E-state index in [0.29, 0.717) is 37.7 Å². The molecule has 1 amide bonds. The van der Waals surface area contributed by atoms with Crippen LogP contribution in [-0.2, 0) is 18.0 Å². The summed E-state index contributed by atoms with van der Waals surface area (Å²) in [6, 6.07) is 13.2. The van der Waals surface area contributed by atoms with Gasteiger partial charge in [0.2, 0.25) is 0 Å². The Labute approximate surface area is 146 Å². The Morgan fingerprint density at radius 2 is 1.88 bits per heavy atom. The number of hydrogen-bond donors (Lipinski definition) is 2. The molecule has 1 aromatic carbocycles. The Bertz CT molecular complexity index is 716. The lowest BCUT2D eigenvalue weighted by atomic mass is 10.2. The second kappa shape index (κ2) is 7.85. The van der Waals surface area contributed by atoms with Crippen molar-refractivity contribution in [2.24, 2.45) is 0 Å². The maximum atomic E-state index is 12.2. The zero-order valence-corrected chi connectivity index (χ0v) is 14.0. The van der Waals surface area contributed by atoms with Crippen LogP contribution >= 0.6 is 0 Å². The van der Waals surface area contributed by atoms with Gasteiger partial charge in [-0.2, -0.15) is 0 Å². The first kappa shape index (κ1) is 17.0. The molecule has 7 nitrogen and oxygen atoms in total. The molecule has 132 valence electrons. The van der Waals surface area contributed by atoms with Gasteiger partial charge >= 0.3 is 6.09 Å². The first-order valence-electron chi connectivity index (χ1n) is 8.23. The average Bonchev–Trinajstić information content (AvgIpc) is 2.66. The zero-order chi connectivity index (χ0) is 17.6. The van der Waals surface area contributed by atoms with Crippen LogP contribution in [0.25, 0.3) is 0 Å². The fourth-order valence-corrected chi connectivity index (χ4v) is 2.82. The number of aliphatic hydroxyl groups is 1. The number of benzene rings is 1. The Morgan fingerprint density at radius 1 is 1.16 bits per heavy atom. The number of anilines is 2. The molecule has 0 spiro atoms. The van der Waals surface area contributed by atoms with E-state index in [-0.39, 0.29) is 19.3 Å². The highest BCUT2D eigenvalue weighted by Crippen LogP contribution is 2.20. The van der Waals surface area contributed by atoms with Crippen LogP contribution in [-0.4, -0.2) is 47.3 Å². The van der Waals surface area contributed by atoms with Crippen molar-refractivity contribution in [3.05, 3.63) is 53.7 Å². The number of piperazine rings is 1. The molecule has 1 fully saturated rings. The standard InChI is InChI=1S/C18H22N4O3/c19-17-11-16(10-15(12-23)20-17)21-6-8-22(9-7-21)18(24)25-13-14-4-2-1-3-5-14/h1-5,10-11,23H,6-9,12-13H2,(H2,19,20). The summed E-state index contributed by atoms with van der Waals surface area (Å²) in [5.74, 6) is 0.381. The average molecular weight is 342 g/mol. The fraction of sp³-hybridized carbons (Fsp3) is 0.333. The van der Waals surface area contributed by atoms with Crippen LogP contribution in [0.4, 0.5) is 16.3 Å². The second-order valence-electron chi connectivity index (χ2n) is 5.91. The number of ether oxygens (including phenoxy) is 1. The molecule has 1 aliphatic rings. The molecule has 2 aromatic rings. The van der Waals surface area contributed by atoms with Crippen molar-refractivity contribution in [3.63, 3.8) is 0 Å². The lowest BCUT2D eigenvalue weighted by molar-refractivity contribution is 0.0942. The molecule has 0 saturated carbocycles. The normalized spacial score (nSPS) is 14.4. The van der Waals surface area contributed by atoms with Crippen LogP contribution in [0.5, 0.6) is 0 Å². The van der Waals surface area contributed by atoms with Crippen LogP contribution in [0.1, 0.15) is 11.3 Å². The van der Waals surface area contributed by atoms with E-state index < -0.39 is 0 Å². The van der Waals surface area contributed by atoms with Crippen LogP contribution in [0.15, 0.2) is 42.5 Å². The van der Waals surface area contributed by atoms with E-state index in [0.717, 1.165) is 11.3 Å². The fourth-order valence-electron chi connectivity index (χ4n) is 2.82. The minimum Gasteiger partial charge on any atom is -0.445 e. The third-order valence-corrected chi connectivity index (χ3v) is 4.15. The summed E-state index contributed by atoms with van der Waals surface area (Å²) in [7, 11) is 0. The number of nitrogen functional groups attached to an aromatic ring is 1. The first-order valence-corrected chi connectivity index (χ1v) is 8.23. The molecule has 0 unspecified atom stereocenters. The van der Waals surface area contributed by atoms with Crippen molar-refractivity contribution in [3.8, 4) is 0 Å². The minimum absolute atomic E-state index is 0.149. The molecule has 3 N–H and O–H groups in total. The van der Waals surface area contributed by atoms with Gasteiger partial charge in [-0.1, -0.05) is 30.3 Å². The van der Waals surface area contributed by atoms with Gasteiger partial charge in [-0.15, -0.1) is 0 Å². The molecule has 1 aliphatic heterocycles. The second-order valence-corrected chi connectivity index (χ2v) is 5.91. The van der Waals surface area contributed by atoms with Gasteiger partial charge in [-0.25, -0.2) is 9.78 Å². The molecule has 7 heteroatoms. The molecule has 1 saturated heterocycles. The number of nitrogens with two attached hydrogens (primary N) is 1. The van der Waals surface area contributed by atoms with Gasteiger partial charge in [0.15, 0.2) is 0 Å². The number of hydrogen-bond acceptors (Lipinski definition) is 6. The summed E-state index contributed by atoms with van der Waals surface area (Å²) in [4.78, 5) is 20.1. The zero-order valence-electron chi connectivity index (χ0n) is 14.0. The lowest BCUT2D eigenvalue weighted by Gasteiger charge is -2.35. The number of pyridine rings is 1. The SMILES string of the molecule is Nc1cc(N2CCN(C(=O)OCc3ccccc3)CC2)cc(CO)n1. The molecular weight excluding hydrogens is 320 g/mol. The summed E-state index contributed by atoms with van der Waals surface area (Å²) in [6.07, 6.45) is -0.297. The molecular formula is C18H22N4O3. The maximum absolute atomic E-state index is 12.2. The maximum Gasteiger partial charge on any atom is 0.410 e. The number of carbonyl (C=O) groups excluding carboxylic acids is 1. The highest BCUT2D eigenvalue weighted by molar-refractivity contribution is 5.68. The number of nitrogens with zero attached hydrogens (tertiary/aromatic N) is 3. The molecule has 25 heavy (non-hydrogen) atoms. The summed E-state index contributed by atoms with van der Waals surface area (Å²) >= 11 is 0. The summed E-state index contributed by atoms with van der Waals surface area (Å²) < 4.78 is 5.37.